The number of ether oxygens (including phenoxy) is 2. The molecule has 8 heteroatoms. The second kappa shape index (κ2) is 7.24. The van der Waals surface area contributed by atoms with Crippen LogP contribution in [-0.4, -0.2) is 41.7 Å². The summed E-state index contributed by atoms with van der Waals surface area (Å²) < 4.78 is 23.3. The molecule has 1 saturated heterocycles. The summed E-state index contributed by atoms with van der Waals surface area (Å²) in [5.41, 5.74) is -0.458. The molecule has 4 atom stereocenters. The van der Waals surface area contributed by atoms with Crippen molar-refractivity contribution in [3.8, 4) is 5.75 Å². The topological polar surface area (TPSA) is 91.3 Å². The lowest BCUT2D eigenvalue weighted by atomic mass is 9.43. The van der Waals surface area contributed by atoms with Crippen molar-refractivity contribution in [2.24, 2.45) is 17.3 Å². The van der Waals surface area contributed by atoms with Crippen LogP contribution in [0, 0.1) is 17.3 Å². The first kappa shape index (κ1) is 22.2. The number of carbonyl (C=O) groups is 2. The molecule has 0 aromatic heterocycles. The summed E-state index contributed by atoms with van der Waals surface area (Å²) in [7, 11) is -0.532. The van der Waals surface area contributed by atoms with E-state index in [2.05, 4.69) is 20.8 Å². The third kappa shape index (κ3) is 3.84. The number of hydrogen-bond donors (Lipinski definition) is 1. The maximum Gasteiger partial charge on any atom is 0.514 e. The van der Waals surface area contributed by atoms with E-state index in [9.17, 15) is 14.7 Å². The molecule has 4 fully saturated rings. The lowest BCUT2D eigenvalue weighted by Gasteiger charge is -2.64. The first-order valence-electron chi connectivity index (χ1n) is 10.9. The van der Waals surface area contributed by atoms with Gasteiger partial charge in [0.15, 0.2) is 5.75 Å². The Kier molecular flexibility index (Phi) is 5.17. The number of para-hydroxylation sites is 1. The highest BCUT2D eigenvalue weighted by molar-refractivity contribution is 6.45. The molecule has 7 nitrogen and oxygen atoms in total. The Morgan fingerprint density at radius 3 is 2.55 bits per heavy atom. The molecule has 2 bridgehead atoms. The Morgan fingerprint density at radius 1 is 1.23 bits per heavy atom. The molecule has 1 aromatic rings. The normalized spacial score (nSPS) is 30.9. The predicted molar refractivity (Wildman–Crippen MR) is 114 cm³/mol. The number of carboxylic acids is 1. The number of hydrogen-bond acceptors (Lipinski definition) is 6. The minimum Gasteiger partial charge on any atom is -0.478 e. The highest BCUT2D eigenvalue weighted by Gasteiger charge is 2.67. The largest absolute Gasteiger partial charge is 0.514 e. The SMILES string of the molecule is CC(C)(C)OC(=O)Oc1c(CB2O[C@@H]3C[C@@H]4C[C@@H](C4(C)C)[C@]3(C)O2)cccc1C(=O)O. The standard InChI is InChI=1S/C23H31BO7/c1-21(2,3)29-20(27)28-18-13(8-7-9-15(18)19(25)26)12-24-30-17-11-14-10-16(22(14,4)5)23(17,6)31-24/h7-9,14,16-17H,10-12H2,1-6H3,(H,25,26)/t14-,16-,17+,23-/m0/s1. The zero-order valence-electron chi connectivity index (χ0n) is 19.1. The van der Waals surface area contributed by atoms with Crippen molar-refractivity contribution in [3.05, 3.63) is 29.3 Å². The first-order valence-corrected chi connectivity index (χ1v) is 10.9. The van der Waals surface area contributed by atoms with Gasteiger partial charge >= 0.3 is 19.2 Å². The van der Waals surface area contributed by atoms with Gasteiger partial charge in [0, 0.05) is 6.32 Å². The van der Waals surface area contributed by atoms with E-state index in [1.54, 1.807) is 32.9 Å². The molecule has 0 spiro atoms. The van der Waals surface area contributed by atoms with Crippen LogP contribution in [0.15, 0.2) is 18.2 Å². The molecule has 0 unspecified atom stereocenters. The van der Waals surface area contributed by atoms with Crippen LogP contribution >= 0.6 is 0 Å². The van der Waals surface area contributed by atoms with Gasteiger partial charge in [-0.25, -0.2) is 9.59 Å². The third-order valence-electron chi connectivity index (χ3n) is 7.29. The average Bonchev–Trinajstić information content (AvgIpc) is 2.96. The van der Waals surface area contributed by atoms with E-state index in [1.807, 2.05) is 0 Å². The zero-order valence-corrected chi connectivity index (χ0v) is 19.1. The van der Waals surface area contributed by atoms with Gasteiger partial charge in [-0.1, -0.05) is 26.0 Å². The predicted octanol–water partition coefficient (Wildman–Crippen LogP) is 4.51. The fourth-order valence-corrected chi connectivity index (χ4v) is 5.61. The molecule has 1 N–H and O–H groups in total. The fraction of sp³-hybridized carbons (Fsp3) is 0.652. The number of carbonyl (C=O) groups excluding carboxylic acids is 1. The Morgan fingerprint density at radius 2 is 1.94 bits per heavy atom. The lowest BCUT2D eigenvalue weighted by Crippen LogP contribution is -2.65. The molecule has 168 valence electrons. The van der Waals surface area contributed by atoms with Crippen LogP contribution in [0.2, 0.25) is 0 Å². The van der Waals surface area contributed by atoms with Crippen LogP contribution in [0.1, 0.15) is 70.3 Å². The van der Waals surface area contributed by atoms with Crippen molar-refractivity contribution < 1.29 is 33.5 Å². The average molecular weight is 430 g/mol. The van der Waals surface area contributed by atoms with E-state index < -0.39 is 24.8 Å². The number of aromatic carboxylic acids is 1. The number of benzene rings is 1. The van der Waals surface area contributed by atoms with E-state index >= 15 is 0 Å². The van der Waals surface area contributed by atoms with E-state index in [4.69, 9.17) is 18.8 Å². The second-order valence-corrected chi connectivity index (χ2v) is 10.8. The zero-order chi connectivity index (χ0) is 22.8. The minimum absolute atomic E-state index is 0.0205. The number of rotatable bonds is 4. The van der Waals surface area contributed by atoms with Crippen LogP contribution in [0.25, 0.3) is 0 Å². The summed E-state index contributed by atoms with van der Waals surface area (Å²) in [5, 5.41) is 9.61. The van der Waals surface area contributed by atoms with Crippen LogP contribution in [-0.2, 0) is 20.4 Å². The summed E-state index contributed by atoms with van der Waals surface area (Å²) in [5.74, 6) is -0.145. The molecule has 1 aliphatic heterocycles. The maximum absolute atomic E-state index is 12.3. The molecule has 3 aliphatic carbocycles. The van der Waals surface area contributed by atoms with Crippen molar-refractivity contribution >= 4 is 19.2 Å². The van der Waals surface area contributed by atoms with Crippen molar-refractivity contribution in [1.29, 1.82) is 0 Å². The lowest BCUT2D eigenvalue weighted by molar-refractivity contribution is -0.199. The van der Waals surface area contributed by atoms with Gasteiger partial charge in [0.05, 0.1) is 11.7 Å². The highest BCUT2D eigenvalue weighted by atomic mass is 16.7. The molecule has 3 saturated carbocycles. The van der Waals surface area contributed by atoms with Gasteiger partial charge in [-0.3, -0.25) is 0 Å². The van der Waals surface area contributed by atoms with Crippen molar-refractivity contribution in [3.63, 3.8) is 0 Å². The molecule has 31 heavy (non-hydrogen) atoms. The molecule has 4 aliphatic rings. The van der Waals surface area contributed by atoms with Crippen molar-refractivity contribution in [2.75, 3.05) is 0 Å². The summed E-state index contributed by atoms with van der Waals surface area (Å²) >= 11 is 0. The Hall–Kier alpha value is -2.06. The molecule has 0 radical (unpaired) electrons. The van der Waals surface area contributed by atoms with Gasteiger partial charge in [-0.15, -0.1) is 0 Å². The molecule has 1 aromatic carbocycles. The smallest absolute Gasteiger partial charge is 0.478 e. The Balaban J connectivity index is 1.56. The summed E-state index contributed by atoms with van der Waals surface area (Å²) in [6, 6.07) is 4.76. The Bertz CT molecular complexity index is 906. The highest BCUT2D eigenvalue weighted by Crippen LogP contribution is 2.65. The van der Waals surface area contributed by atoms with E-state index in [1.165, 1.54) is 6.07 Å². The van der Waals surface area contributed by atoms with E-state index in [0.29, 0.717) is 17.4 Å². The fourth-order valence-electron chi connectivity index (χ4n) is 5.61. The number of carboxylic acid groups (broad SMARTS) is 1. The summed E-state index contributed by atoms with van der Waals surface area (Å²) in [4.78, 5) is 24.0. The van der Waals surface area contributed by atoms with Crippen LogP contribution < -0.4 is 4.74 Å². The summed E-state index contributed by atoms with van der Waals surface area (Å²) in [6.45, 7) is 11.9. The molecule has 0 amide bonds. The maximum atomic E-state index is 12.3. The van der Waals surface area contributed by atoms with Gasteiger partial charge in [0.1, 0.15) is 11.2 Å². The van der Waals surface area contributed by atoms with Gasteiger partial charge in [-0.2, -0.15) is 0 Å². The van der Waals surface area contributed by atoms with Crippen molar-refractivity contribution in [2.45, 2.75) is 78.0 Å². The van der Waals surface area contributed by atoms with E-state index in [-0.39, 0.29) is 34.8 Å². The summed E-state index contributed by atoms with van der Waals surface area (Å²) in [6.07, 6.45) is 1.47. The van der Waals surface area contributed by atoms with Gasteiger partial charge in [-0.05, 0) is 69.4 Å². The van der Waals surface area contributed by atoms with Crippen molar-refractivity contribution in [1.82, 2.24) is 0 Å². The second-order valence-electron chi connectivity index (χ2n) is 10.8. The molecule has 5 rings (SSSR count). The van der Waals surface area contributed by atoms with Gasteiger partial charge in [0.25, 0.3) is 0 Å². The molecule has 1 heterocycles. The quantitative estimate of drug-likeness (QED) is 0.427. The Labute approximate surface area is 183 Å². The molecular weight excluding hydrogens is 399 g/mol. The van der Waals surface area contributed by atoms with Gasteiger partial charge in [0.2, 0.25) is 0 Å². The minimum atomic E-state index is -1.18. The monoisotopic (exact) mass is 430 g/mol. The first-order chi connectivity index (χ1) is 14.3. The van der Waals surface area contributed by atoms with Crippen LogP contribution in [0.3, 0.4) is 0 Å². The van der Waals surface area contributed by atoms with E-state index in [0.717, 1.165) is 12.8 Å². The van der Waals surface area contributed by atoms with Crippen LogP contribution in [0.5, 0.6) is 5.75 Å². The van der Waals surface area contributed by atoms with Crippen LogP contribution in [0.4, 0.5) is 4.79 Å². The van der Waals surface area contributed by atoms with Gasteiger partial charge < -0.3 is 23.9 Å². The molecular formula is C23H31BO7. The third-order valence-corrected chi connectivity index (χ3v) is 7.29.